The molecule has 3 rings (SSSR count). The largest absolute Gasteiger partial charge is 0.497 e. The summed E-state index contributed by atoms with van der Waals surface area (Å²) in [5, 5.41) is 13.2. The second-order valence-electron chi connectivity index (χ2n) is 6.27. The number of aliphatic hydroxyl groups excluding tert-OH is 1. The summed E-state index contributed by atoms with van der Waals surface area (Å²) in [4.78, 5) is 4.04. The van der Waals surface area contributed by atoms with Gasteiger partial charge in [0.2, 0.25) is 0 Å². The number of aliphatic hydroxyl groups is 1. The van der Waals surface area contributed by atoms with Gasteiger partial charge in [0.05, 0.1) is 23.6 Å². The maximum Gasteiger partial charge on any atom is 0.143 e. The van der Waals surface area contributed by atoms with E-state index in [2.05, 4.69) is 15.0 Å². The number of aromatic nitrogens is 1. The minimum atomic E-state index is -3.55. The van der Waals surface area contributed by atoms with Gasteiger partial charge in [-0.25, -0.2) is 18.1 Å². The highest BCUT2D eigenvalue weighted by atomic mass is 32.2. The van der Waals surface area contributed by atoms with Crippen molar-refractivity contribution in [3.63, 3.8) is 0 Å². The van der Waals surface area contributed by atoms with Crippen LogP contribution in [0.4, 0.5) is 15.8 Å². The van der Waals surface area contributed by atoms with E-state index in [4.69, 9.17) is 9.52 Å². The highest BCUT2D eigenvalue weighted by Gasteiger charge is 2.16. The molecule has 0 spiro atoms. The minimum absolute atomic E-state index is 0.0752. The van der Waals surface area contributed by atoms with E-state index < -0.39 is 21.8 Å². The molecule has 2 aromatic carbocycles. The van der Waals surface area contributed by atoms with Crippen molar-refractivity contribution >= 4 is 32.2 Å². The average molecular weight is 404 g/mol. The third kappa shape index (κ3) is 4.38. The van der Waals surface area contributed by atoms with Crippen molar-refractivity contribution in [2.75, 3.05) is 19.0 Å². The smallest absolute Gasteiger partial charge is 0.143 e. The van der Waals surface area contributed by atoms with Crippen molar-refractivity contribution in [3.8, 4) is 5.75 Å². The molecule has 0 unspecified atom stereocenters. The number of fused-ring (bicyclic) bond motifs is 1. The monoisotopic (exact) mass is 404 g/mol. The number of methoxy groups -OCH3 is 1. The van der Waals surface area contributed by atoms with Crippen molar-refractivity contribution in [1.82, 2.24) is 9.71 Å². The van der Waals surface area contributed by atoms with Crippen LogP contribution in [0.3, 0.4) is 0 Å². The van der Waals surface area contributed by atoms with Crippen LogP contribution in [0.15, 0.2) is 53.6 Å². The number of rotatable bonds is 7. The lowest BCUT2D eigenvalue weighted by Crippen LogP contribution is -2.30. The van der Waals surface area contributed by atoms with E-state index >= 15 is 0 Å². The Hall–Kier alpha value is -2.75. The molecule has 0 saturated heterocycles. The van der Waals surface area contributed by atoms with E-state index in [0.717, 1.165) is 16.6 Å². The molecule has 0 radical (unpaired) electrons. The van der Waals surface area contributed by atoms with Crippen molar-refractivity contribution in [3.05, 3.63) is 54.5 Å². The molecule has 9 heteroatoms. The van der Waals surface area contributed by atoms with Crippen LogP contribution in [0.2, 0.25) is 0 Å². The third-order valence-corrected chi connectivity index (χ3v) is 5.58. The Morgan fingerprint density at radius 2 is 2.07 bits per heavy atom. The van der Waals surface area contributed by atoms with E-state index in [9.17, 15) is 13.7 Å². The summed E-state index contributed by atoms with van der Waals surface area (Å²) < 4.78 is 42.3. The summed E-state index contributed by atoms with van der Waals surface area (Å²) in [7, 11) is -1.98. The van der Waals surface area contributed by atoms with E-state index in [1.165, 1.54) is 19.1 Å². The topological polar surface area (TPSA) is 107 Å². The second kappa shape index (κ2) is 8.09. The van der Waals surface area contributed by atoms with Crippen LogP contribution in [0.5, 0.6) is 5.75 Å². The second-order valence-corrected chi connectivity index (χ2v) is 8.11. The summed E-state index contributed by atoms with van der Waals surface area (Å²) in [6.45, 7) is 1.41. The fraction of sp³-hybridized carbons (Fsp3) is 0.211. The summed E-state index contributed by atoms with van der Waals surface area (Å²) >= 11 is 0. The lowest BCUT2D eigenvalue weighted by Gasteiger charge is -2.14. The lowest BCUT2D eigenvalue weighted by molar-refractivity contribution is 0.199. The number of hydrogen-bond acceptors (Lipinski definition) is 6. The molecule has 0 aliphatic heterocycles. The van der Waals surface area contributed by atoms with Gasteiger partial charge >= 0.3 is 0 Å². The van der Waals surface area contributed by atoms with Gasteiger partial charge in [-0.2, -0.15) is 0 Å². The molecule has 3 aromatic rings. The molecule has 1 heterocycles. The number of nitrogens with one attached hydrogen (secondary N) is 3. The van der Waals surface area contributed by atoms with Crippen LogP contribution >= 0.6 is 0 Å². The number of ether oxygens (including phenoxy) is 1. The minimum Gasteiger partial charge on any atom is -0.497 e. The molecule has 0 amide bonds. The fourth-order valence-electron chi connectivity index (χ4n) is 2.65. The molecule has 148 valence electrons. The third-order valence-electron chi connectivity index (χ3n) is 4.05. The van der Waals surface area contributed by atoms with Crippen molar-refractivity contribution in [2.24, 2.45) is 0 Å². The zero-order chi connectivity index (χ0) is 20.3. The maximum atomic E-state index is 14.5. The number of anilines is 2. The van der Waals surface area contributed by atoms with E-state index in [1.807, 2.05) is 12.1 Å². The molecule has 4 N–H and O–H groups in total. The number of pyridine rings is 1. The predicted octanol–water partition coefficient (Wildman–Crippen LogP) is 3.42. The quantitative estimate of drug-likeness (QED) is 0.483. The summed E-state index contributed by atoms with van der Waals surface area (Å²) in [6.07, 6.45) is 0.833. The van der Waals surface area contributed by atoms with Gasteiger partial charge in [0.15, 0.2) is 0 Å². The molecule has 0 bridgehead atoms. The standard InChI is InChI=1S/C19H21FN4O3S/c1-12(25)11-23-28(21,26)19-6-3-13(9-16(19)20)24-17-7-8-22-18-10-14(27-2)4-5-15(17)18/h3-10,12,25H,11H2,1-2H3,(H,22,24)(H2,21,23,26)/t12-,28+/m0/s1. The Morgan fingerprint density at radius 1 is 1.29 bits per heavy atom. The van der Waals surface area contributed by atoms with Gasteiger partial charge in [0.1, 0.15) is 21.5 Å². The van der Waals surface area contributed by atoms with E-state index in [0.29, 0.717) is 11.4 Å². The molecule has 28 heavy (non-hydrogen) atoms. The Morgan fingerprint density at radius 3 is 2.75 bits per heavy atom. The van der Waals surface area contributed by atoms with Crippen LogP contribution in [0.1, 0.15) is 6.92 Å². The Balaban J connectivity index is 1.88. The first-order valence-electron chi connectivity index (χ1n) is 8.51. The zero-order valence-electron chi connectivity index (χ0n) is 15.4. The summed E-state index contributed by atoms with van der Waals surface area (Å²) in [5.74, 6) is -0.0921. The average Bonchev–Trinajstić information content (AvgIpc) is 2.66. The van der Waals surface area contributed by atoms with Crippen LogP contribution in [0, 0.1) is 10.6 Å². The Bertz CT molecular complexity index is 1100. The first-order valence-corrected chi connectivity index (χ1v) is 10.1. The number of halogens is 1. The molecule has 7 nitrogen and oxygen atoms in total. The SMILES string of the molecule is COc1ccc2c(Nc3ccc([S@](=N)(=O)NC[C@H](C)O)c(F)c3)ccnc2c1. The normalized spacial score (nSPS) is 14.4. The Labute approximate surface area is 162 Å². The van der Waals surface area contributed by atoms with Crippen LogP contribution in [0.25, 0.3) is 10.9 Å². The number of benzene rings is 2. The summed E-state index contributed by atoms with van der Waals surface area (Å²) in [5.41, 5.74) is 1.88. The maximum absolute atomic E-state index is 14.5. The van der Waals surface area contributed by atoms with Gasteiger partial charge in [-0.1, -0.05) is 0 Å². The van der Waals surface area contributed by atoms with Crippen LogP contribution in [-0.2, 0) is 9.92 Å². The first-order chi connectivity index (χ1) is 13.3. The molecule has 0 fully saturated rings. The van der Waals surface area contributed by atoms with Gasteiger partial charge in [0, 0.05) is 35.6 Å². The first kappa shape index (κ1) is 20.0. The fourth-order valence-corrected chi connectivity index (χ4v) is 3.87. The molecular weight excluding hydrogens is 383 g/mol. The van der Waals surface area contributed by atoms with E-state index in [-0.39, 0.29) is 11.4 Å². The highest BCUT2D eigenvalue weighted by molar-refractivity contribution is 7.90. The van der Waals surface area contributed by atoms with Gasteiger partial charge in [-0.3, -0.25) is 4.98 Å². The molecular formula is C19H21FN4O3S. The van der Waals surface area contributed by atoms with Gasteiger partial charge < -0.3 is 15.2 Å². The van der Waals surface area contributed by atoms with Crippen LogP contribution in [-0.4, -0.2) is 34.1 Å². The van der Waals surface area contributed by atoms with Gasteiger partial charge in [0.25, 0.3) is 0 Å². The van der Waals surface area contributed by atoms with Crippen LogP contribution < -0.4 is 14.8 Å². The number of hydrogen-bond donors (Lipinski definition) is 4. The van der Waals surface area contributed by atoms with Crippen molar-refractivity contribution < 1.29 is 18.4 Å². The summed E-state index contributed by atoms with van der Waals surface area (Å²) in [6, 6.07) is 11.3. The number of nitrogens with zero attached hydrogens (tertiary/aromatic N) is 1. The predicted molar refractivity (Wildman–Crippen MR) is 107 cm³/mol. The lowest BCUT2D eigenvalue weighted by atomic mass is 10.1. The molecule has 2 atom stereocenters. The molecule has 1 aromatic heterocycles. The molecule has 0 aliphatic carbocycles. The Kier molecular flexibility index (Phi) is 5.78. The van der Waals surface area contributed by atoms with Gasteiger partial charge in [-0.05, 0) is 43.3 Å². The molecule has 0 saturated carbocycles. The molecule has 0 aliphatic rings. The zero-order valence-corrected chi connectivity index (χ0v) is 16.2. The van der Waals surface area contributed by atoms with Crippen molar-refractivity contribution in [1.29, 1.82) is 4.78 Å². The highest BCUT2D eigenvalue weighted by Crippen LogP contribution is 2.29. The van der Waals surface area contributed by atoms with Gasteiger partial charge in [-0.15, -0.1) is 0 Å². The van der Waals surface area contributed by atoms with Crippen molar-refractivity contribution in [2.45, 2.75) is 17.9 Å². The van der Waals surface area contributed by atoms with E-state index in [1.54, 1.807) is 31.5 Å².